The van der Waals surface area contributed by atoms with Gasteiger partial charge in [-0.05, 0) is 35.2 Å². The first-order valence-electron chi connectivity index (χ1n) is 5.54. The van der Waals surface area contributed by atoms with Gasteiger partial charge in [0.15, 0.2) is 0 Å². The zero-order valence-electron chi connectivity index (χ0n) is 9.25. The Kier molecular flexibility index (Phi) is 5.20. The number of hydrogen-bond donors (Lipinski definition) is 1. The van der Waals surface area contributed by atoms with E-state index in [9.17, 15) is 0 Å². The van der Waals surface area contributed by atoms with E-state index >= 15 is 0 Å². The van der Waals surface area contributed by atoms with Crippen LogP contribution in [0.2, 0.25) is 0 Å². The Balaban J connectivity index is 2.28. The van der Waals surface area contributed by atoms with Gasteiger partial charge in [0, 0.05) is 6.04 Å². The van der Waals surface area contributed by atoms with Gasteiger partial charge < -0.3 is 5.73 Å². The fourth-order valence-electron chi connectivity index (χ4n) is 1.70. The second kappa shape index (κ2) is 6.20. The predicted octanol–water partition coefficient (Wildman–Crippen LogP) is 4.03. The third-order valence-corrected chi connectivity index (χ3v) is 3.54. The summed E-state index contributed by atoms with van der Waals surface area (Å²) >= 11 is 1.76. The van der Waals surface area contributed by atoms with Crippen LogP contribution in [0.15, 0.2) is 10.8 Å². The van der Waals surface area contributed by atoms with Crippen molar-refractivity contribution in [2.24, 2.45) is 5.73 Å². The smallest absolute Gasteiger partial charge is 0.0305 e. The number of nitrogens with two attached hydrogens (primary N) is 1. The molecule has 0 saturated heterocycles. The molecule has 0 radical (unpaired) electrons. The minimum atomic E-state index is 0.262. The standard InChI is InChI=1S/C12H21NS/c1-3-4-5-6-7-12(13)11-9-14-8-10(11)2/h8-9,12H,3-7,13H2,1-2H3. The van der Waals surface area contributed by atoms with Crippen molar-refractivity contribution in [1.82, 2.24) is 0 Å². The zero-order valence-corrected chi connectivity index (χ0v) is 10.1. The van der Waals surface area contributed by atoms with E-state index in [0.29, 0.717) is 0 Å². The fraction of sp³-hybridized carbons (Fsp3) is 0.667. The highest BCUT2D eigenvalue weighted by molar-refractivity contribution is 7.08. The highest BCUT2D eigenvalue weighted by atomic mass is 32.1. The Morgan fingerprint density at radius 3 is 2.64 bits per heavy atom. The van der Waals surface area contributed by atoms with Crippen molar-refractivity contribution in [3.63, 3.8) is 0 Å². The third kappa shape index (κ3) is 3.43. The highest BCUT2D eigenvalue weighted by Crippen LogP contribution is 2.23. The molecule has 1 nitrogen and oxygen atoms in total. The van der Waals surface area contributed by atoms with Crippen LogP contribution in [-0.2, 0) is 0 Å². The molecule has 2 heteroatoms. The molecule has 0 aliphatic carbocycles. The van der Waals surface area contributed by atoms with Crippen LogP contribution in [0.5, 0.6) is 0 Å². The molecule has 0 bridgehead atoms. The molecule has 14 heavy (non-hydrogen) atoms. The van der Waals surface area contributed by atoms with E-state index < -0.39 is 0 Å². The summed E-state index contributed by atoms with van der Waals surface area (Å²) in [4.78, 5) is 0. The molecule has 0 fully saturated rings. The van der Waals surface area contributed by atoms with Gasteiger partial charge in [0.2, 0.25) is 0 Å². The summed E-state index contributed by atoms with van der Waals surface area (Å²) in [6, 6.07) is 0.262. The molecule has 0 amide bonds. The summed E-state index contributed by atoms with van der Waals surface area (Å²) in [6.45, 7) is 4.39. The van der Waals surface area contributed by atoms with Crippen LogP contribution < -0.4 is 5.73 Å². The van der Waals surface area contributed by atoms with Crippen molar-refractivity contribution in [2.45, 2.75) is 52.0 Å². The predicted molar refractivity (Wildman–Crippen MR) is 64.7 cm³/mol. The molecule has 0 saturated carbocycles. The van der Waals surface area contributed by atoms with Crippen molar-refractivity contribution < 1.29 is 0 Å². The van der Waals surface area contributed by atoms with Crippen molar-refractivity contribution in [3.05, 3.63) is 21.9 Å². The summed E-state index contributed by atoms with van der Waals surface area (Å²) in [7, 11) is 0. The molecule has 0 aromatic carbocycles. The number of unbranched alkanes of at least 4 members (excludes halogenated alkanes) is 3. The minimum absolute atomic E-state index is 0.262. The van der Waals surface area contributed by atoms with Crippen LogP contribution in [0, 0.1) is 6.92 Å². The van der Waals surface area contributed by atoms with Crippen molar-refractivity contribution >= 4 is 11.3 Å². The normalized spacial score (nSPS) is 13.1. The molecular formula is C12H21NS. The lowest BCUT2D eigenvalue weighted by Gasteiger charge is -2.10. The molecule has 1 heterocycles. The van der Waals surface area contributed by atoms with Gasteiger partial charge in [0.25, 0.3) is 0 Å². The molecule has 1 aromatic heterocycles. The first-order chi connectivity index (χ1) is 6.75. The van der Waals surface area contributed by atoms with Gasteiger partial charge in [-0.25, -0.2) is 0 Å². The van der Waals surface area contributed by atoms with Gasteiger partial charge in [0.05, 0.1) is 0 Å². The van der Waals surface area contributed by atoms with Gasteiger partial charge in [-0.2, -0.15) is 11.3 Å². The van der Waals surface area contributed by atoms with Gasteiger partial charge in [-0.15, -0.1) is 0 Å². The lowest BCUT2D eigenvalue weighted by atomic mass is 10.0. The third-order valence-electron chi connectivity index (χ3n) is 2.66. The van der Waals surface area contributed by atoms with Crippen LogP contribution in [0.25, 0.3) is 0 Å². The lowest BCUT2D eigenvalue weighted by molar-refractivity contribution is 0.565. The number of thiophene rings is 1. The van der Waals surface area contributed by atoms with Gasteiger partial charge >= 0.3 is 0 Å². The summed E-state index contributed by atoms with van der Waals surface area (Å²) < 4.78 is 0. The monoisotopic (exact) mass is 211 g/mol. The summed E-state index contributed by atoms with van der Waals surface area (Å²) in [5, 5.41) is 4.38. The SMILES string of the molecule is CCCCCCC(N)c1cscc1C. The summed E-state index contributed by atoms with van der Waals surface area (Å²) in [5.41, 5.74) is 8.84. The second-order valence-electron chi connectivity index (χ2n) is 3.97. The van der Waals surface area contributed by atoms with Crippen LogP contribution >= 0.6 is 11.3 Å². The van der Waals surface area contributed by atoms with E-state index in [4.69, 9.17) is 5.73 Å². The number of rotatable bonds is 6. The maximum absolute atomic E-state index is 6.13. The van der Waals surface area contributed by atoms with Crippen LogP contribution in [0.4, 0.5) is 0 Å². The lowest BCUT2D eigenvalue weighted by Crippen LogP contribution is -2.10. The molecule has 0 spiro atoms. The molecule has 80 valence electrons. The van der Waals surface area contributed by atoms with Gasteiger partial charge in [0.1, 0.15) is 0 Å². The average molecular weight is 211 g/mol. The quantitative estimate of drug-likeness (QED) is 0.706. The maximum Gasteiger partial charge on any atom is 0.0305 e. The topological polar surface area (TPSA) is 26.0 Å². The molecule has 0 aliphatic heterocycles. The van der Waals surface area contributed by atoms with Crippen LogP contribution in [0.3, 0.4) is 0 Å². The number of aryl methyl sites for hydroxylation is 1. The van der Waals surface area contributed by atoms with Crippen LogP contribution in [-0.4, -0.2) is 0 Å². The molecule has 1 rings (SSSR count). The Bertz CT molecular complexity index is 255. The van der Waals surface area contributed by atoms with Gasteiger partial charge in [-0.1, -0.05) is 32.6 Å². The van der Waals surface area contributed by atoms with Crippen molar-refractivity contribution in [3.8, 4) is 0 Å². The Morgan fingerprint density at radius 2 is 2.07 bits per heavy atom. The van der Waals surface area contributed by atoms with Crippen LogP contribution in [0.1, 0.15) is 56.2 Å². The summed E-state index contributed by atoms with van der Waals surface area (Å²) in [6.07, 6.45) is 6.37. The minimum Gasteiger partial charge on any atom is -0.324 e. The maximum atomic E-state index is 6.13. The molecule has 2 N–H and O–H groups in total. The van der Waals surface area contributed by atoms with E-state index in [1.165, 1.54) is 36.8 Å². The van der Waals surface area contributed by atoms with E-state index in [1.54, 1.807) is 11.3 Å². The van der Waals surface area contributed by atoms with E-state index in [1.807, 2.05) is 0 Å². The average Bonchev–Trinajstić information content (AvgIpc) is 2.59. The first-order valence-corrected chi connectivity index (χ1v) is 6.48. The zero-order chi connectivity index (χ0) is 10.4. The van der Waals surface area contributed by atoms with E-state index in [-0.39, 0.29) is 6.04 Å². The van der Waals surface area contributed by atoms with E-state index in [0.717, 1.165) is 6.42 Å². The largest absolute Gasteiger partial charge is 0.324 e. The Labute approximate surface area is 91.3 Å². The molecule has 1 atom stereocenters. The fourth-order valence-corrected chi connectivity index (χ4v) is 2.61. The van der Waals surface area contributed by atoms with E-state index in [2.05, 4.69) is 24.6 Å². The molecule has 0 aliphatic rings. The summed E-state index contributed by atoms with van der Waals surface area (Å²) in [5.74, 6) is 0. The molecule has 1 aromatic rings. The van der Waals surface area contributed by atoms with Crippen molar-refractivity contribution in [2.75, 3.05) is 0 Å². The molecule has 1 unspecified atom stereocenters. The second-order valence-corrected chi connectivity index (χ2v) is 4.71. The Morgan fingerprint density at radius 1 is 1.29 bits per heavy atom. The Hall–Kier alpha value is -0.340. The van der Waals surface area contributed by atoms with Crippen molar-refractivity contribution in [1.29, 1.82) is 0 Å². The number of hydrogen-bond acceptors (Lipinski definition) is 2. The first kappa shape index (κ1) is 11.7. The molecular weight excluding hydrogens is 190 g/mol. The highest BCUT2D eigenvalue weighted by Gasteiger charge is 2.08. The van der Waals surface area contributed by atoms with Gasteiger partial charge in [-0.3, -0.25) is 0 Å².